The minimum Gasteiger partial charge on any atom is -0.351 e. The molecule has 6 nitrogen and oxygen atoms in total. The standard InChI is InChI=1S/C27H25FN6/c28-19-9-7-18(8-10-19)25-26(23-15-17-30-27(32-23)31-21-5-3-6-21)34-22(13-14-24(34)33-25)12-11-20-4-1-2-16-29-20/h1-2,4,7-12,15-17,21-22H,3,5-6,13-14H2,(H,30,31,32)/b12-11+. The maximum absolute atomic E-state index is 13.7. The number of halogens is 1. The number of anilines is 1. The van der Waals surface area contributed by atoms with Crippen LogP contribution in [0.2, 0.25) is 0 Å². The Bertz CT molecular complexity index is 1330. The number of nitrogens with one attached hydrogen (secondary N) is 1. The summed E-state index contributed by atoms with van der Waals surface area (Å²) in [7, 11) is 0. The molecule has 7 heteroatoms. The minimum absolute atomic E-state index is 0.131. The molecule has 2 aliphatic rings. The van der Waals surface area contributed by atoms with Gasteiger partial charge in [-0.1, -0.05) is 12.1 Å². The fourth-order valence-electron chi connectivity index (χ4n) is 4.63. The van der Waals surface area contributed by atoms with Crippen LogP contribution < -0.4 is 5.32 Å². The van der Waals surface area contributed by atoms with E-state index in [4.69, 9.17) is 9.97 Å². The topological polar surface area (TPSA) is 68.5 Å². The van der Waals surface area contributed by atoms with Gasteiger partial charge in [0.2, 0.25) is 5.95 Å². The van der Waals surface area contributed by atoms with Gasteiger partial charge in [-0.05, 0) is 74.2 Å². The Morgan fingerprint density at radius 2 is 1.82 bits per heavy atom. The van der Waals surface area contributed by atoms with E-state index in [2.05, 4.69) is 32.0 Å². The van der Waals surface area contributed by atoms with Crippen molar-refractivity contribution in [2.24, 2.45) is 0 Å². The second-order valence-electron chi connectivity index (χ2n) is 8.86. The number of aromatic nitrogens is 5. The molecule has 0 amide bonds. The van der Waals surface area contributed by atoms with Crippen LogP contribution in [0.3, 0.4) is 0 Å². The molecule has 4 heterocycles. The predicted octanol–water partition coefficient (Wildman–Crippen LogP) is 5.71. The third kappa shape index (κ3) is 3.98. The van der Waals surface area contributed by atoms with Gasteiger partial charge in [-0.2, -0.15) is 0 Å². The van der Waals surface area contributed by atoms with Gasteiger partial charge in [-0.3, -0.25) is 4.98 Å². The molecule has 1 N–H and O–H groups in total. The summed E-state index contributed by atoms with van der Waals surface area (Å²) in [5, 5.41) is 3.45. The number of fused-ring (bicyclic) bond motifs is 1. The summed E-state index contributed by atoms with van der Waals surface area (Å²) in [6, 6.07) is 14.9. The maximum atomic E-state index is 13.7. The van der Waals surface area contributed by atoms with Gasteiger partial charge in [0.05, 0.1) is 28.8 Å². The van der Waals surface area contributed by atoms with Gasteiger partial charge in [-0.25, -0.2) is 19.3 Å². The molecular formula is C27H25FN6. The minimum atomic E-state index is -0.262. The van der Waals surface area contributed by atoms with Crippen molar-refractivity contribution in [3.05, 3.63) is 84.3 Å². The highest BCUT2D eigenvalue weighted by molar-refractivity contribution is 5.78. The molecule has 1 aliphatic heterocycles. The fraction of sp³-hybridized carbons (Fsp3) is 0.259. The van der Waals surface area contributed by atoms with Crippen LogP contribution >= 0.6 is 0 Å². The first-order valence-electron chi connectivity index (χ1n) is 11.8. The lowest BCUT2D eigenvalue weighted by Crippen LogP contribution is -2.28. The molecule has 34 heavy (non-hydrogen) atoms. The number of hydrogen-bond donors (Lipinski definition) is 1. The first kappa shape index (κ1) is 20.7. The quantitative estimate of drug-likeness (QED) is 0.406. The zero-order valence-electron chi connectivity index (χ0n) is 18.7. The van der Waals surface area contributed by atoms with Gasteiger partial charge in [0.1, 0.15) is 11.6 Å². The molecule has 1 fully saturated rings. The Labute approximate surface area is 197 Å². The van der Waals surface area contributed by atoms with E-state index in [1.165, 1.54) is 18.6 Å². The van der Waals surface area contributed by atoms with Crippen LogP contribution in [0.4, 0.5) is 10.3 Å². The predicted molar refractivity (Wildman–Crippen MR) is 131 cm³/mol. The Balaban J connectivity index is 1.44. The van der Waals surface area contributed by atoms with Crippen molar-refractivity contribution in [2.45, 2.75) is 44.2 Å². The third-order valence-electron chi connectivity index (χ3n) is 6.61. The average Bonchev–Trinajstić information content (AvgIpc) is 3.41. The van der Waals surface area contributed by atoms with E-state index in [-0.39, 0.29) is 11.9 Å². The van der Waals surface area contributed by atoms with E-state index in [1.807, 2.05) is 24.3 Å². The molecule has 1 aliphatic carbocycles. The number of hydrogen-bond acceptors (Lipinski definition) is 5. The summed E-state index contributed by atoms with van der Waals surface area (Å²) in [5.41, 5.74) is 4.37. The normalized spacial score (nSPS) is 17.6. The van der Waals surface area contributed by atoms with Crippen molar-refractivity contribution < 1.29 is 4.39 Å². The Morgan fingerprint density at radius 3 is 2.59 bits per heavy atom. The third-order valence-corrected chi connectivity index (χ3v) is 6.61. The van der Waals surface area contributed by atoms with Crippen molar-refractivity contribution in [2.75, 3.05) is 5.32 Å². The summed E-state index contributed by atoms with van der Waals surface area (Å²) in [6.45, 7) is 0. The van der Waals surface area contributed by atoms with Crippen LogP contribution in [-0.4, -0.2) is 30.5 Å². The molecule has 6 rings (SSSR count). The number of aryl methyl sites for hydroxylation is 1. The van der Waals surface area contributed by atoms with Gasteiger partial charge in [0.25, 0.3) is 0 Å². The molecule has 3 aromatic heterocycles. The van der Waals surface area contributed by atoms with E-state index in [0.29, 0.717) is 12.0 Å². The van der Waals surface area contributed by atoms with Crippen molar-refractivity contribution in [1.29, 1.82) is 0 Å². The first-order valence-corrected chi connectivity index (χ1v) is 11.8. The molecule has 1 unspecified atom stereocenters. The molecule has 1 saturated carbocycles. The number of pyridine rings is 1. The molecule has 4 aromatic rings. The smallest absolute Gasteiger partial charge is 0.223 e. The van der Waals surface area contributed by atoms with E-state index in [1.54, 1.807) is 24.5 Å². The molecule has 0 saturated heterocycles. The fourth-order valence-corrected chi connectivity index (χ4v) is 4.63. The SMILES string of the molecule is Fc1ccc(-c2nc3n(c2-c2ccnc(NC4CCC4)n2)C(/C=C/c2ccccn2)CC3)cc1. The Hall–Kier alpha value is -3.87. The number of rotatable bonds is 6. The lowest BCUT2D eigenvalue weighted by atomic mass is 9.93. The van der Waals surface area contributed by atoms with Crippen molar-refractivity contribution in [1.82, 2.24) is 24.5 Å². The van der Waals surface area contributed by atoms with E-state index >= 15 is 0 Å². The summed E-state index contributed by atoms with van der Waals surface area (Å²) in [4.78, 5) is 18.7. The highest BCUT2D eigenvalue weighted by atomic mass is 19.1. The van der Waals surface area contributed by atoms with Crippen LogP contribution in [0.1, 0.15) is 43.2 Å². The summed E-state index contributed by atoms with van der Waals surface area (Å²) in [5.74, 6) is 1.39. The summed E-state index contributed by atoms with van der Waals surface area (Å²) in [6.07, 6.45) is 13.2. The lowest BCUT2D eigenvalue weighted by Gasteiger charge is -2.26. The maximum Gasteiger partial charge on any atom is 0.223 e. The van der Waals surface area contributed by atoms with Crippen molar-refractivity contribution in [3.63, 3.8) is 0 Å². The second-order valence-corrected chi connectivity index (χ2v) is 8.86. The molecule has 0 bridgehead atoms. The zero-order chi connectivity index (χ0) is 22.9. The van der Waals surface area contributed by atoms with Gasteiger partial charge < -0.3 is 9.88 Å². The Kier molecular flexibility index (Phi) is 5.37. The molecule has 1 aromatic carbocycles. The van der Waals surface area contributed by atoms with Gasteiger partial charge in [-0.15, -0.1) is 0 Å². The molecular weight excluding hydrogens is 427 g/mol. The number of nitrogens with zero attached hydrogens (tertiary/aromatic N) is 5. The van der Waals surface area contributed by atoms with Gasteiger partial charge in [0.15, 0.2) is 0 Å². The Morgan fingerprint density at radius 1 is 0.941 bits per heavy atom. The average molecular weight is 453 g/mol. The van der Waals surface area contributed by atoms with Crippen LogP contribution in [0, 0.1) is 5.82 Å². The van der Waals surface area contributed by atoms with Crippen LogP contribution in [0.25, 0.3) is 28.7 Å². The molecule has 170 valence electrons. The van der Waals surface area contributed by atoms with Crippen molar-refractivity contribution in [3.8, 4) is 22.6 Å². The second kappa shape index (κ2) is 8.82. The van der Waals surface area contributed by atoms with E-state index in [0.717, 1.165) is 59.8 Å². The van der Waals surface area contributed by atoms with Crippen molar-refractivity contribution >= 4 is 12.0 Å². The molecule has 1 atom stereocenters. The van der Waals surface area contributed by atoms with Crippen LogP contribution in [0.5, 0.6) is 0 Å². The lowest BCUT2D eigenvalue weighted by molar-refractivity contribution is 0.443. The highest BCUT2D eigenvalue weighted by Gasteiger charge is 2.30. The van der Waals surface area contributed by atoms with E-state index in [9.17, 15) is 4.39 Å². The van der Waals surface area contributed by atoms with Gasteiger partial charge >= 0.3 is 0 Å². The largest absolute Gasteiger partial charge is 0.351 e. The number of allylic oxidation sites excluding steroid dienone is 1. The van der Waals surface area contributed by atoms with E-state index < -0.39 is 0 Å². The number of benzene rings is 1. The first-order chi connectivity index (χ1) is 16.7. The summed E-state index contributed by atoms with van der Waals surface area (Å²) < 4.78 is 15.9. The molecule has 0 radical (unpaired) electrons. The van der Waals surface area contributed by atoms with Crippen LogP contribution in [-0.2, 0) is 6.42 Å². The van der Waals surface area contributed by atoms with Crippen LogP contribution in [0.15, 0.2) is 67.0 Å². The highest BCUT2D eigenvalue weighted by Crippen LogP contribution is 2.40. The van der Waals surface area contributed by atoms with Gasteiger partial charge in [0, 0.05) is 30.4 Å². The zero-order valence-corrected chi connectivity index (χ0v) is 18.7. The summed E-state index contributed by atoms with van der Waals surface area (Å²) >= 11 is 0. The molecule has 0 spiro atoms. The number of imidazole rings is 1. The monoisotopic (exact) mass is 452 g/mol.